The fraction of sp³-hybridized carbons (Fsp3) is 0.467. The molecule has 0 bridgehead atoms. The summed E-state index contributed by atoms with van der Waals surface area (Å²) < 4.78 is 16.2. The van der Waals surface area contributed by atoms with Crippen molar-refractivity contribution >= 4 is 0 Å². The second-order valence-electron chi connectivity index (χ2n) is 4.52. The number of nitrogens with zero attached hydrogens (tertiary/aromatic N) is 2. The van der Waals surface area contributed by atoms with Crippen LogP contribution < -0.4 is 9.47 Å². The minimum absolute atomic E-state index is 0.101. The highest BCUT2D eigenvalue weighted by molar-refractivity contribution is 5.40. The van der Waals surface area contributed by atoms with Gasteiger partial charge >= 0.3 is 0 Å². The van der Waals surface area contributed by atoms with Crippen molar-refractivity contribution < 1.29 is 19.1 Å². The first-order valence-electron chi connectivity index (χ1n) is 7.07. The molecule has 0 aliphatic rings. The lowest BCUT2D eigenvalue weighted by atomic mass is 10.2. The zero-order valence-corrected chi connectivity index (χ0v) is 12.3. The zero-order valence-electron chi connectivity index (χ0n) is 12.3. The van der Waals surface area contributed by atoms with Crippen molar-refractivity contribution in [3.8, 4) is 11.5 Å². The molecule has 0 unspecified atom stereocenters. The van der Waals surface area contributed by atoms with E-state index in [0.717, 1.165) is 6.42 Å². The van der Waals surface area contributed by atoms with E-state index in [2.05, 4.69) is 10.1 Å². The third-order valence-corrected chi connectivity index (χ3v) is 2.85. The van der Waals surface area contributed by atoms with E-state index in [4.69, 9.17) is 14.0 Å². The van der Waals surface area contributed by atoms with Gasteiger partial charge in [0.15, 0.2) is 6.61 Å². The summed E-state index contributed by atoms with van der Waals surface area (Å²) in [5.74, 6) is 2.34. The summed E-state index contributed by atoms with van der Waals surface area (Å²) in [4.78, 5) is 4.17. The molecule has 2 aromatic rings. The van der Waals surface area contributed by atoms with Gasteiger partial charge in [-0.3, -0.25) is 0 Å². The fourth-order valence-corrected chi connectivity index (χ4v) is 1.74. The van der Waals surface area contributed by atoms with Gasteiger partial charge in [-0.2, -0.15) is 4.98 Å². The SMILES string of the molecule is CCCOc1ccc(CO)c(OCc2noc(CC)n2)c1. The molecule has 1 aromatic heterocycles. The van der Waals surface area contributed by atoms with Gasteiger partial charge < -0.3 is 19.1 Å². The van der Waals surface area contributed by atoms with E-state index in [1.165, 1.54) is 0 Å². The molecule has 0 radical (unpaired) electrons. The quantitative estimate of drug-likeness (QED) is 0.805. The summed E-state index contributed by atoms with van der Waals surface area (Å²) in [5, 5.41) is 13.2. The topological polar surface area (TPSA) is 77.6 Å². The Labute approximate surface area is 123 Å². The molecule has 0 atom stereocenters. The molecule has 0 fully saturated rings. The summed E-state index contributed by atoms with van der Waals surface area (Å²) in [6, 6.07) is 5.37. The molecule has 1 heterocycles. The Kier molecular flexibility index (Phi) is 5.57. The lowest BCUT2D eigenvalue weighted by molar-refractivity contribution is 0.250. The summed E-state index contributed by atoms with van der Waals surface area (Å²) >= 11 is 0. The number of ether oxygens (including phenoxy) is 2. The summed E-state index contributed by atoms with van der Waals surface area (Å²) in [7, 11) is 0. The van der Waals surface area contributed by atoms with Gasteiger partial charge in [0.1, 0.15) is 11.5 Å². The molecule has 21 heavy (non-hydrogen) atoms. The summed E-state index contributed by atoms with van der Waals surface area (Å²) in [5.41, 5.74) is 0.693. The van der Waals surface area contributed by atoms with E-state index >= 15 is 0 Å². The standard InChI is InChI=1S/C15H20N2O4/c1-3-7-19-12-6-5-11(9-18)13(8-12)20-10-14-16-15(4-2)21-17-14/h5-6,8,18H,3-4,7,9-10H2,1-2H3. The highest BCUT2D eigenvalue weighted by Gasteiger charge is 2.09. The lowest BCUT2D eigenvalue weighted by Gasteiger charge is -2.11. The minimum Gasteiger partial charge on any atom is -0.493 e. The van der Waals surface area contributed by atoms with E-state index in [-0.39, 0.29) is 13.2 Å². The van der Waals surface area contributed by atoms with Crippen molar-refractivity contribution in [1.82, 2.24) is 10.1 Å². The Bertz CT molecular complexity index is 569. The number of aryl methyl sites for hydroxylation is 1. The number of benzene rings is 1. The van der Waals surface area contributed by atoms with Gasteiger partial charge in [0.2, 0.25) is 11.7 Å². The fourth-order valence-electron chi connectivity index (χ4n) is 1.74. The van der Waals surface area contributed by atoms with Gasteiger partial charge in [-0.1, -0.05) is 19.0 Å². The van der Waals surface area contributed by atoms with Crippen LogP contribution in [0.15, 0.2) is 22.7 Å². The van der Waals surface area contributed by atoms with Gasteiger partial charge in [0.05, 0.1) is 13.2 Å². The molecule has 1 aromatic carbocycles. The first-order chi connectivity index (χ1) is 10.3. The van der Waals surface area contributed by atoms with Crippen molar-refractivity contribution in [1.29, 1.82) is 0 Å². The van der Waals surface area contributed by atoms with Crippen LogP contribution in [-0.2, 0) is 19.6 Å². The molecule has 6 heteroatoms. The predicted molar refractivity (Wildman–Crippen MR) is 76.2 cm³/mol. The maximum Gasteiger partial charge on any atom is 0.226 e. The minimum atomic E-state index is -0.101. The predicted octanol–water partition coefficient (Wildman–Crippen LogP) is 2.49. The second kappa shape index (κ2) is 7.64. The van der Waals surface area contributed by atoms with Crippen molar-refractivity contribution in [2.75, 3.05) is 6.61 Å². The smallest absolute Gasteiger partial charge is 0.226 e. The van der Waals surface area contributed by atoms with Crippen LogP contribution in [-0.4, -0.2) is 21.9 Å². The third kappa shape index (κ3) is 4.19. The van der Waals surface area contributed by atoms with E-state index in [9.17, 15) is 5.11 Å². The zero-order chi connectivity index (χ0) is 15.1. The largest absolute Gasteiger partial charge is 0.493 e. The van der Waals surface area contributed by atoms with Crippen molar-refractivity contribution in [3.05, 3.63) is 35.5 Å². The van der Waals surface area contributed by atoms with Crippen molar-refractivity contribution in [3.63, 3.8) is 0 Å². The van der Waals surface area contributed by atoms with Crippen LogP contribution in [0, 0.1) is 0 Å². The number of aliphatic hydroxyl groups is 1. The molecule has 6 nitrogen and oxygen atoms in total. The van der Waals surface area contributed by atoms with E-state index < -0.39 is 0 Å². The van der Waals surface area contributed by atoms with E-state index in [1.807, 2.05) is 19.9 Å². The van der Waals surface area contributed by atoms with Gasteiger partial charge in [0.25, 0.3) is 0 Å². The normalized spacial score (nSPS) is 10.6. The number of hydrogen-bond donors (Lipinski definition) is 1. The van der Waals surface area contributed by atoms with Crippen molar-refractivity contribution in [2.45, 2.75) is 39.9 Å². The first-order valence-corrected chi connectivity index (χ1v) is 7.07. The van der Waals surface area contributed by atoms with Gasteiger partial charge in [-0.15, -0.1) is 0 Å². The van der Waals surface area contributed by atoms with E-state index in [0.29, 0.717) is 41.8 Å². The highest BCUT2D eigenvalue weighted by Crippen LogP contribution is 2.26. The molecule has 0 aliphatic heterocycles. The van der Waals surface area contributed by atoms with Crippen LogP contribution in [0.4, 0.5) is 0 Å². The molecule has 2 rings (SSSR count). The third-order valence-electron chi connectivity index (χ3n) is 2.85. The number of hydrogen-bond acceptors (Lipinski definition) is 6. The Morgan fingerprint density at radius 2 is 2.10 bits per heavy atom. The molecule has 114 valence electrons. The lowest BCUT2D eigenvalue weighted by Crippen LogP contribution is -2.02. The Morgan fingerprint density at radius 3 is 2.76 bits per heavy atom. The van der Waals surface area contributed by atoms with E-state index in [1.54, 1.807) is 12.1 Å². The Morgan fingerprint density at radius 1 is 1.24 bits per heavy atom. The molecule has 0 saturated carbocycles. The summed E-state index contributed by atoms with van der Waals surface area (Å²) in [6.07, 6.45) is 1.62. The molecule has 0 spiro atoms. The highest BCUT2D eigenvalue weighted by atomic mass is 16.5. The van der Waals surface area contributed by atoms with Crippen LogP contribution in [0.3, 0.4) is 0 Å². The molecular weight excluding hydrogens is 272 g/mol. The van der Waals surface area contributed by atoms with Crippen LogP contribution in [0.25, 0.3) is 0 Å². The number of aromatic nitrogens is 2. The summed E-state index contributed by atoms with van der Waals surface area (Å²) in [6.45, 7) is 4.71. The number of rotatable bonds is 8. The van der Waals surface area contributed by atoms with Crippen LogP contribution in [0.5, 0.6) is 11.5 Å². The monoisotopic (exact) mass is 292 g/mol. The molecule has 0 saturated heterocycles. The van der Waals surface area contributed by atoms with Crippen LogP contribution >= 0.6 is 0 Å². The molecule has 0 aliphatic carbocycles. The van der Waals surface area contributed by atoms with Gasteiger partial charge in [-0.25, -0.2) is 0 Å². The van der Waals surface area contributed by atoms with Crippen molar-refractivity contribution in [2.24, 2.45) is 0 Å². The van der Waals surface area contributed by atoms with Crippen LogP contribution in [0.2, 0.25) is 0 Å². The Balaban J connectivity index is 2.05. The van der Waals surface area contributed by atoms with Crippen LogP contribution in [0.1, 0.15) is 37.5 Å². The maximum atomic E-state index is 9.35. The average Bonchev–Trinajstić information content (AvgIpc) is 2.99. The maximum absolute atomic E-state index is 9.35. The van der Waals surface area contributed by atoms with Gasteiger partial charge in [-0.05, 0) is 18.6 Å². The first kappa shape index (κ1) is 15.3. The average molecular weight is 292 g/mol. The Hall–Kier alpha value is -2.08. The molecular formula is C15H20N2O4. The molecule has 0 amide bonds. The molecule has 1 N–H and O–H groups in total. The second-order valence-corrected chi connectivity index (χ2v) is 4.52. The number of aliphatic hydroxyl groups excluding tert-OH is 1. The van der Waals surface area contributed by atoms with Gasteiger partial charge in [0, 0.05) is 18.1 Å².